The Kier molecular flexibility index (Phi) is 2.76. The van der Waals surface area contributed by atoms with E-state index in [0.717, 1.165) is 0 Å². The van der Waals surface area contributed by atoms with E-state index in [1.165, 1.54) is 0 Å². The molecule has 0 saturated carbocycles. The molecule has 0 aliphatic carbocycles. The van der Waals surface area contributed by atoms with Gasteiger partial charge < -0.3 is 11.5 Å². The summed E-state index contributed by atoms with van der Waals surface area (Å²) in [7, 11) is 0. The first-order chi connectivity index (χ1) is 4.97. The van der Waals surface area contributed by atoms with Crippen LogP contribution in [0.5, 0.6) is 0 Å². The maximum Gasteiger partial charge on any atom is 0.204 e. The van der Waals surface area contributed by atoms with E-state index in [9.17, 15) is 0 Å². The fourth-order valence-corrected chi connectivity index (χ4v) is 0.951. The smallest absolute Gasteiger partial charge is 0.204 e. The van der Waals surface area contributed by atoms with Gasteiger partial charge >= 0.3 is 0 Å². The lowest BCUT2D eigenvalue weighted by atomic mass is 9.96. The molecule has 6 nitrogen and oxygen atoms in total. The van der Waals surface area contributed by atoms with Crippen LogP contribution in [-0.4, -0.2) is 17.3 Å². The van der Waals surface area contributed by atoms with Gasteiger partial charge in [0.05, 0.1) is 0 Å². The van der Waals surface area contributed by atoms with Gasteiger partial charge in [-0.15, -0.1) is 12.4 Å². The van der Waals surface area contributed by atoms with Gasteiger partial charge in [0, 0.05) is 0 Å². The minimum absolute atomic E-state index is 0. The predicted octanol–water partition coefficient (Wildman–Crippen LogP) is 0.0783. The molecule has 1 rings (SSSR count). The molecule has 0 fully saturated rings. The molecule has 0 bridgehead atoms. The summed E-state index contributed by atoms with van der Waals surface area (Å²) in [4.78, 5) is 0. The highest BCUT2D eigenvalue weighted by Gasteiger charge is 2.46. The fourth-order valence-electron chi connectivity index (χ4n) is 0.951. The van der Waals surface area contributed by atoms with Crippen LogP contribution in [0.15, 0.2) is 10.2 Å². The highest BCUT2D eigenvalue weighted by molar-refractivity contribution is 6.03. The first-order valence-electron chi connectivity index (χ1n) is 3.09. The van der Waals surface area contributed by atoms with Crippen molar-refractivity contribution in [3.63, 3.8) is 0 Å². The topological polar surface area (TPSA) is 124 Å². The Hall–Kier alpha value is -1.17. The standard InChI is InChI=1S/C5H10N6.ClH/c1-5(10-11-5)2(3(6)7)4(8)9;/h2H,1H3,(H3,6,7)(H3,8,9);1H. The van der Waals surface area contributed by atoms with E-state index in [2.05, 4.69) is 10.2 Å². The molecule has 68 valence electrons. The number of hydrogen-bond donors (Lipinski definition) is 4. The Morgan fingerprint density at radius 3 is 1.67 bits per heavy atom. The van der Waals surface area contributed by atoms with Gasteiger partial charge in [0.25, 0.3) is 0 Å². The molecule has 0 aromatic rings. The average Bonchev–Trinajstić information content (AvgIpc) is 2.44. The van der Waals surface area contributed by atoms with E-state index in [4.69, 9.17) is 22.3 Å². The summed E-state index contributed by atoms with van der Waals surface area (Å²) in [6, 6.07) is 0. The second kappa shape index (κ2) is 3.06. The van der Waals surface area contributed by atoms with E-state index < -0.39 is 11.6 Å². The van der Waals surface area contributed by atoms with Crippen LogP contribution in [0.3, 0.4) is 0 Å². The van der Waals surface area contributed by atoms with Gasteiger partial charge in [-0.05, 0) is 6.92 Å². The van der Waals surface area contributed by atoms with E-state index in [0.29, 0.717) is 0 Å². The SMILES string of the molecule is CC1(C(C(=N)N)C(=N)N)N=N1.Cl. The molecule has 7 heteroatoms. The van der Waals surface area contributed by atoms with Crippen LogP contribution in [0.1, 0.15) is 6.92 Å². The van der Waals surface area contributed by atoms with Gasteiger partial charge in [0.2, 0.25) is 5.66 Å². The highest BCUT2D eigenvalue weighted by atomic mass is 35.5. The molecule has 0 atom stereocenters. The van der Waals surface area contributed by atoms with E-state index in [-0.39, 0.29) is 24.1 Å². The Morgan fingerprint density at radius 2 is 1.58 bits per heavy atom. The molecule has 0 spiro atoms. The zero-order chi connectivity index (χ0) is 8.65. The van der Waals surface area contributed by atoms with Crippen LogP contribution in [0, 0.1) is 16.7 Å². The molecule has 0 aromatic heterocycles. The summed E-state index contributed by atoms with van der Waals surface area (Å²) >= 11 is 0. The van der Waals surface area contributed by atoms with Crippen LogP contribution >= 0.6 is 12.4 Å². The molecule has 6 N–H and O–H groups in total. The number of nitrogens with one attached hydrogen (secondary N) is 2. The average molecular weight is 191 g/mol. The van der Waals surface area contributed by atoms with Crippen LogP contribution in [0.2, 0.25) is 0 Å². The molecule has 12 heavy (non-hydrogen) atoms. The summed E-state index contributed by atoms with van der Waals surface area (Å²) < 4.78 is 0. The highest BCUT2D eigenvalue weighted by Crippen LogP contribution is 2.35. The number of rotatable bonds is 3. The summed E-state index contributed by atoms with van der Waals surface area (Å²) in [5.74, 6) is -0.988. The first kappa shape index (κ1) is 10.8. The largest absolute Gasteiger partial charge is 0.387 e. The quantitative estimate of drug-likeness (QED) is 0.372. The van der Waals surface area contributed by atoms with Crippen molar-refractivity contribution in [3.05, 3.63) is 0 Å². The maximum atomic E-state index is 7.11. The zero-order valence-corrected chi connectivity index (χ0v) is 7.35. The van der Waals surface area contributed by atoms with Crippen molar-refractivity contribution in [2.75, 3.05) is 0 Å². The Bertz CT molecular complexity index is 226. The van der Waals surface area contributed by atoms with Crippen LogP contribution in [0.25, 0.3) is 0 Å². The minimum Gasteiger partial charge on any atom is -0.387 e. The second-order valence-corrected chi connectivity index (χ2v) is 2.64. The van der Waals surface area contributed by atoms with E-state index in [1.807, 2.05) is 0 Å². The van der Waals surface area contributed by atoms with Gasteiger partial charge in [-0.25, -0.2) is 0 Å². The molecular weight excluding hydrogens is 180 g/mol. The van der Waals surface area contributed by atoms with Crippen molar-refractivity contribution in [1.29, 1.82) is 10.8 Å². The van der Waals surface area contributed by atoms with Crippen molar-refractivity contribution >= 4 is 24.1 Å². The summed E-state index contributed by atoms with van der Waals surface area (Å²) in [5, 5.41) is 21.6. The van der Waals surface area contributed by atoms with Gasteiger partial charge in [0.1, 0.15) is 17.6 Å². The minimum atomic E-state index is -0.738. The van der Waals surface area contributed by atoms with Crippen LogP contribution in [-0.2, 0) is 0 Å². The summed E-state index contributed by atoms with van der Waals surface area (Å²) in [6.45, 7) is 1.68. The van der Waals surface area contributed by atoms with Crippen molar-refractivity contribution in [3.8, 4) is 0 Å². The van der Waals surface area contributed by atoms with Crippen LogP contribution < -0.4 is 11.5 Å². The van der Waals surface area contributed by atoms with Crippen molar-refractivity contribution < 1.29 is 0 Å². The van der Waals surface area contributed by atoms with Crippen molar-refractivity contribution in [2.45, 2.75) is 12.6 Å². The zero-order valence-electron chi connectivity index (χ0n) is 6.53. The Labute approximate surface area is 75.8 Å². The summed E-state index contributed by atoms with van der Waals surface area (Å²) in [6.07, 6.45) is 0. The molecular formula is C5H11ClN6. The monoisotopic (exact) mass is 190 g/mol. The Balaban J connectivity index is 0.00000121. The molecule has 0 radical (unpaired) electrons. The third-order valence-corrected chi connectivity index (χ3v) is 1.58. The summed E-state index contributed by atoms with van der Waals surface area (Å²) in [5.41, 5.74) is 9.67. The Morgan fingerprint density at radius 1 is 1.25 bits per heavy atom. The van der Waals surface area contributed by atoms with Crippen LogP contribution in [0.4, 0.5) is 0 Å². The van der Waals surface area contributed by atoms with Crippen molar-refractivity contribution in [1.82, 2.24) is 0 Å². The van der Waals surface area contributed by atoms with Gasteiger partial charge in [-0.2, -0.15) is 10.2 Å². The van der Waals surface area contributed by atoms with Crippen molar-refractivity contribution in [2.24, 2.45) is 27.6 Å². The number of halogens is 1. The molecule has 0 aromatic carbocycles. The molecule has 0 amide bonds. The molecule has 0 unspecified atom stereocenters. The number of amidine groups is 2. The molecule has 1 aliphatic rings. The lowest BCUT2D eigenvalue weighted by molar-refractivity contribution is 0.606. The third kappa shape index (κ3) is 1.70. The lowest BCUT2D eigenvalue weighted by Crippen LogP contribution is -2.43. The molecule has 0 saturated heterocycles. The molecule has 1 heterocycles. The lowest BCUT2D eigenvalue weighted by Gasteiger charge is -2.15. The fraction of sp³-hybridized carbons (Fsp3) is 0.600. The predicted molar refractivity (Wildman–Crippen MR) is 47.8 cm³/mol. The first-order valence-corrected chi connectivity index (χ1v) is 3.09. The normalized spacial score (nSPS) is 19.1. The van der Waals surface area contributed by atoms with E-state index >= 15 is 0 Å². The number of hydrogen-bond acceptors (Lipinski definition) is 4. The number of nitrogens with two attached hydrogens (primary N) is 2. The van der Waals surface area contributed by atoms with E-state index in [1.54, 1.807) is 6.92 Å². The van der Waals surface area contributed by atoms with Gasteiger partial charge in [0.15, 0.2) is 0 Å². The third-order valence-electron chi connectivity index (χ3n) is 1.58. The number of nitrogens with zero attached hydrogens (tertiary/aromatic N) is 2. The molecule has 1 aliphatic heterocycles. The van der Waals surface area contributed by atoms with Gasteiger partial charge in [-0.1, -0.05) is 0 Å². The van der Waals surface area contributed by atoms with Gasteiger partial charge in [-0.3, -0.25) is 10.8 Å². The maximum absolute atomic E-state index is 7.11. The second-order valence-electron chi connectivity index (χ2n) is 2.64.